The maximum absolute atomic E-state index is 12.7. The first-order chi connectivity index (χ1) is 6.90. The van der Waals surface area contributed by atoms with Gasteiger partial charge in [0.2, 0.25) is 0 Å². The minimum absolute atomic E-state index is 0.00588. The van der Waals surface area contributed by atoms with Gasteiger partial charge >= 0.3 is 0 Å². The van der Waals surface area contributed by atoms with Crippen LogP contribution in [0.3, 0.4) is 0 Å². The van der Waals surface area contributed by atoms with Gasteiger partial charge in [-0.1, -0.05) is 0 Å². The zero-order chi connectivity index (χ0) is 11.5. The first-order valence-electron chi connectivity index (χ1n) is 5.82. The second-order valence-corrected chi connectivity index (χ2v) is 8.78. The standard InChI is InChI=1S/C11H23ClNOP/c1-11(2,3)13(8-6-7-12)15(14)9-4-5-10-15/h4-10H2,1-3H3. The van der Waals surface area contributed by atoms with E-state index in [0.717, 1.165) is 38.1 Å². The molecule has 0 bridgehead atoms. The van der Waals surface area contributed by atoms with Gasteiger partial charge in [0.25, 0.3) is 0 Å². The van der Waals surface area contributed by atoms with Gasteiger partial charge < -0.3 is 4.57 Å². The fourth-order valence-corrected chi connectivity index (χ4v) is 6.21. The lowest BCUT2D eigenvalue weighted by molar-refractivity contribution is 0.248. The molecular weight excluding hydrogens is 229 g/mol. The Balaban J connectivity index is 2.76. The molecule has 0 radical (unpaired) electrons. The third-order valence-electron chi connectivity index (χ3n) is 2.98. The highest BCUT2D eigenvalue weighted by molar-refractivity contribution is 7.61. The van der Waals surface area contributed by atoms with Crippen molar-refractivity contribution < 1.29 is 4.57 Å². The van der Waals surface area contributed by atoms with Crippen LogP contribution in [0.4, 0.5) is 0 Å². The maximum Gasteiger partial charge on any atom is 0.150 e. The monoisotopic (exact) mass is 251 g/mol. The predicted octanol–water partition coefficient (Wildman–Crippen LogP) is 3.79. The summed E-state index contributed by atoms with van der Waals surface area (Å²) in [6.45, 7) is 7.34. The lowest BCUT2D eigenvalue weighted by Crippen LogP contribution is -2.40. The van der Waals surface area contributed by atoms with Crippen molar-refractivity contribution in [1.82, 2.24) is 4.67 Å². The normalized spacial score (nSPS) is 21.1. The second kappa shape index (κ2) is 5.21. The summed E-state index contributed by atoms with van der Waals surface area (Å²) in [6, 6.07) is 0. The molecule has 90 valence electrons. The Labute approximate surface area is 98.8 Å². The van der Waals surface area contributed by atoms with E-state index in [1.165, 1.54) is 0 Å². The van der Waals surface area contributed by atoms with Crippen molar-refractivity contribution in [3.63, 3.8) is 0 Å². The Morgan fingerprint density at radius 2 is 1.80 bits per heavy atom. The van der Waals surface area contributed by atoms with Gasteiger partial charge in [-0.25, -0.2) is 4.67 Å². The molecule has 1 heterocycles. The van der Waals surface area contributed by atoms with Gasteiger partial charge in [-0.15, -0.1) is 11.6 Å². The summed E-state index contributed by atoms with van der Waals surface area (Å²) in [7, 11) is -2.06. The molecule has 1 rings (SSSR count). The molecule has 4 heteroatoms. The zero-order valence-electron chi connectivity index (χ0n) is 10.1. The van der Waals surface area contributed by atoms with Gasteiger partial charge in [0, 0.05) is 30.3 Å². The van der Waals surface area contributed by atoms with Crippen molar-refractivity contribution in [2.45, 2.75) is 45.6 Å². The fraction of sp³-hybridized carbons (Fsp3) is 1.00. The predicted molar refractivity (Wildman–Crippen MR) is 68.4 cm³/mol. The highest BCUT2D eigenvalue weighted by atomic mass is 35.5. The van der Waals surface area contributed by atoms with E-state index in [2.05, 4.69) is 25.4 Å². The maximum atomic E-state index is 12.7. The molecule has 0 aromatic heterocycles. The van der Waals surface area contributed by atoms with Crippen LogP contribution in [0.2, 0.25) is 0 Å². The molecule has 0 spiro atoms. The van der Waals surface area contributed by atoms with Gasteiger partial charge in [-0.3, -0.25) is 0 Å². The fourth-order valence-electron chi connectivity index (χ4n) is 2.34. The third-order valence-corrected chi connectivity index (χ3v) is 6.96. The average Bonchev–Trinajstić information content (AvgIpc) is 2.51. The molecule has 0 aliphatic carbocycles. The Morgan fingerprint density at radius 3 is 2.20 bits per heavy atom. The van der Waals surface area contributed by atoms with E-state index >= 15 is 0 Å². The van der Waals surface area contributed by atoms with Crippen LogP contribution in [-0.2, 0) is 4.57 Å². The number of nitrogens with zero attached hydrogens (tertiary/aromatic N) is 1. The van der Waals surface area contributed by atoms with Gasteiger partial charge in [0.1, 0.15) is 0 Å². The lowest BCUT2D eigenvalue weighted by atomic mass is 10.1. The van der Waals surface area contributed by atoms with Crippen LogP contribution in [0.15, 0.2) is 0 Å². The van der Waals surface area contributed by atoms with Crippen molar-refractivity contribution in [2.24, 2.45) is 0 Å². The molecule has 0 aromatic carbocycles. The summed E-state index contributed by atoms with van der Waals surface area (Å²) >= 11 is 5.73. The van der Waals surface area contributed by atoms with Crippen LogP contribution < -0.4 is 0 Å². The Hall–Kier alpha value is 0.480. The molecule has 0 amide bonds. The molecule has 15 heavy (non-hydrogen) atoms. The summed E-state index contributed by atoms with van der Waals surface area (Å²) in [5.74, 6) is 0.659. The largest absolute Gasteiger partial charge is 0.307 e. The Bertz CT molecular complexity index is 239. The van der Waals surface area contributed by atoms with Crippen LogP contribution in [0.1, 0.15) is 40.0 Å². The van der Waals surface area contributed by atoms with Gasteiger partial charge in [0.05, 0.1) is 0 Å². The molecule has 0 saturated carbocycles. The minimum atomic E-state index is -2.06. The van der Waals surface area contributed by atoms with E-state index in [9.17, 15) is 4.57 Å². The smallest absolute Gasteiger partial charge is 0.150 e. The molecule has 1 aliphatic rings. The first-order valence-corrected chi connectivity index (χ1v) is 8.39. The highest BCUT2D eigenvalue weighted by Gasteiger charge is 2.39. The molecule has 0 N–H and O–H groups in total. The Morgan fingerprint density at radius 1 is 1.27 bits per heavy atom. The summed E-state index contributed by atoms with van der Waals surface area (Å²) in [5, 5.41) is 0. The van der Waals surface area contributed by atoms with Crippen LogP contribution in [0.25, 0.3) is 0 Å². The number of rotatable bonds is 4. The molecule has 0 unspecified atom stereocenters. The van der Waals surface area contributed by atoms with E-state index in [0.29, 0.717) is 5.88 Å². The van der Waals surface area contributed by atoms with Crippen LogP contribution in [0, 0.1) is 0 Å². The number of hydrogen-bond acceptors (Lipinski definition) is 1. The molecule has 1 aliphatic heterocycles. The molecule has 0 aromatic rings. The van der Waals surface area contributed by atoms with E-state index in [4.69, 9.17) is 11.6 Å². The Kier molecular flexibility index (Phi) is 4.70. The van der Waals surface area contributed by atoms with E-state index < -0.39 is 7.29 Å². The van der Waals surface area contributed by atoms with Crippen molar-refractivity contribution in [1.29, 1.82) is 0 Å². The quantitative estimate of drug-likeness (QED) is 0.560. The minimum Gasteiger partial charge on any atom is -0.307 e. The second-order valence-electron chi connectivity index (χ2n) is 5.34. The number of hydrogen-bond donors (Lipinski definition) is 0. The van der Waals surface area contributed by atoms with E-state index in [1.807, 2.05) is 0 Å². The topological polar surface area (TPSA) is 20.3 Å². The van der Waals surface area contributed by atoms with Crippen molar-refractivity contribution in [3.8, 4) is 0 Å². The lowest BCUT2D eigenvalue weighted by Gasteiger charge is -2.39. The van der Waals surface area contributed by atoms with Gasteiger partial charge in [-0.05, 0) is 40.0 Å². The summed E-state index contributed by atoms with van der Waals surface area (Å²) in [5.41, 5.74) is 0.00588. The highest BCUT2D eigenvalue weighted by Crippen LogP contribution is 2.58. The SMILES string of the molecule is CC(C)(C)N(CCCCl)P1(=O)CCCC1. The van der Waals surface area contributed by atoms with Gasteiger partial charge in [0.15, 0.2) is 7.29 Å². The molecule has 0 atom stereocenters. The molecular formula is C11H23ClNOP. The molecule has 2 nitrogen and oxygen atoms in total. The van der Waals surface area contributed by atoms with Crippen LogP contribution >= 0.6 is 18.9 Å². The van der Waals surface area contributed by atoms with E-state index in [-0.39, 0.29) is 5.54 Å². The van der Waals surface area contributed by atoms with E-state index in [1.54, 1.807) is 0 Å². The van der Waals surface area contributed by atoms with Crippen molar-refractivity contribution in [2.75, 3.05) is 24.7 Å². The van der Waals surface area contributed by atoms with Crippen LogP contribution in [0.5, 0.6) is 0 Å². The van der Waals surface area contributed by atoms with Crippen molar-refractivity contribution >= 4 is 18.9 Å². The zero-order valence-corrected chi connectivity index (χ0v) is 11.8. The summed E-state index contributed by atoms with van der Waals surface area (Å²) in [6.07, 6.45) is 5.01. The molecule has 1 fully saturated rings. The van der Waals surface area contributed by atoms with Crippen LogP contribution in [-0.4, -0.2) is 35.0 Å². The van der Waals surface area contributed by atoms with Gasteiger partial charge in [-0.2, -0.15) is 0 Å². The summed E-state index contributed by atoms with van der Waals surface area (Å²) in [4.78, 5) is 0. The number of alkyl halides is 1. The summed E-state index contributed by atoms with van der Waals surface area (Å²) < 4.78 is 15.0. The van der Waals surface area contributed by atoms with Crippen molar-refractivity contribution in [3.05, 3.63) is 0 Å². The first kappa shape index (κ1) is 13.5. The average molecular weight is 252 g/mol. The third kappa shape index (κ3) is 3.47. The molecule has 1 saturated heterocycles. The number of halogens is 1.